The highest BCUT2D eigenvalue weighted by molar-refractivity contribution is 5.68. The number of carbonyl (C=O) groups is 2. The lowest BCUT2D eigenvalue weighted by atomic mass is 9.62. The minimum Gasteiger partial charge on any atom is -0.450 e. The van der Waals surface area contributed by atoms with Gasteiger partial charge in [-0.25, -0.2) is 9.59 Å². The molecule has 36 heavy (non-hydrogen) atoms. The molecule has 0 bridgehead atoms. The van der Waals surface area contributed by atoms with Gasteiger partial charge >= 0.3 is 12.2 Å². The van der Waals surface area contributed by atoms with E-state index in [1.807, 2.05) is 0 Å². The Hall–Kier alpha value is -1.46. The van der Waals surface area contributed by atoms with E-state index < -0.39 is 0 Å². The highest BCUT2D eigenvalue weighted by atomic mass is 16.6. The number of nitrogens with one attached hydrogen (secondary N) is 2. The zero-order valence-corrected chi connectivity index (χ0v) is 24.5. The van der Waals surface area contributed by atoms with Crippen LogP contribution in [0.1, 0.15) is 138 Å². The van der Waals surface area contributed by atoms with Crippen molar-refractivity contribution in [3.05, 3.63) is 0 Å². The lowest BCUT2D eigenvalue weighted by molar-refractivity contribution is 0.0599. The maximum absolute atomic E-state index is 12.8. The fourth-order valence-corrected chi connectivity index (χ4v) is 6.12. The van der Waals surface area contributed by atoms with E-state index in [2.05, 4.69) is 45.3 Å². The number of amides is 2. The molecule has 1 saturated carbocycles. The van der Waals surface area contributed by atoms with E-state index in [1.54, 1.807) is 6.92 Å². The van der Waals surface area contributed by atoms with Crippen molar-refractivity contribution >= 4 is 12.2 Å². The van der Waals surface area contributed by atoms with Crippen molar-refractivity contribution in [2.75, 3.05) is 19.8 Å². The van der Waals surface area contributed by atoms with Gasteiger partial charge in [0, 0.05) is 12.6 Å². The van der Waals surface area contributed by atoms with E-state index in [1.165, 1.54) is 64.2 Å². The van der Waals surface area contributed by atoms with E-state index in [-0.39, 0.29) is 29.1 Å². The maximum Gasteiger partial charge on any atom is 0.407 e. The van der Waals surface area contributed by atoms with Crippen LogP contribution in [0.4, 0.5) is 9.59 Å². The van der Waals surface area contributed by atoms with E-state index in [9.17, 15) is 9.59 Å². The van der Waals surface area contributed by atoms with Crippen LogP contribution in [0, 0.1) is 16.7 Å². The molecule has 1 aliphatic rings. The van der Waals surface area contributed by atoms with E-state index in [0.717, 1.165) is 32.1 Å². The van der Waals surface area contributed by atoms with Gasteiger partial charge in [0.15, 0.2) is 0 Å². The van der Waals surface area contributed by atoms with Gasteiger partial charge in [-0.1, -0.05) is 98.8 Å². The normalized spacial score (nSPS) is 22.0. The van der Waals surface area contributed by atoms with Crippen molar-refractivity contribution in [2.24, 2.45) is 16.7 Å². The summed E-state index contributed by atoms with van der Waals surface area (Å²) in [6, 6.07) is 0.0387. The third-order valence-corrected chi connectivity index (χ3v) is 7.58. The molecule has 1 rings (SSSR count). The van der Waals surface area contributed by atoms with Gasteiger partial charge in [-0.05, 0) is 55.8 Å². The standard InChI is InChI=1S/C30H58N2O4/c1-7-10-12-14-15-17-19-25(18-16-13-11-8-2)22-36-28(34)32-26-20-29(4,5)23-30(6,21-26)24-31-27(33)35-9-3/h25-26H,7-24H2,1-6H3,(H,31,33)(H,32,34). The van der Waals surface area contributed by atoms with Crippen LogP contribution in [0.2, 0.25) is 0 Å². The number of ether oxygens (including phenoxy) is 2. The van der Waals surface area contributed by atoms with Gasteiger partial charge in [0.2, 0.25) is 0 Å². The molecule has 0 heterocycles. The number of unbranched alkanes of at least 4 members (excludes halogenated alkanes) is 8. The van der Waals surface area contributed by atoms with Crippen molar-refractivity contribution in [3.63, 3.8) is 0 Å². The molecule has 2 N–H and O–H groups in total. The topological polar surface area (TPSA) is 76.7 Å². The van der Waals surface area contributed by atoms with Crippen LogP contribution in [0.3, 0.4) is 0 Å². The Balaban J connectivity index is 2.54. The summed E-state index contributed by atoms with van der Waals surface area (Å²) in [4.78, 5) is 24.6. The van der Waals surface area contributed by atoms with Crippen LogP contribution in [0.25, 0.3) is 0 Å². The third kappa shape index (κ3) is 14.9. The predicted octanol–water partition coefficient (Wildman–Crippen LogP) is 8.38. The number of rotatable bonds is 18. The molecule has 0 saturated heterocycles. The second-order valence-corrected chi connectivity index (χ2v) is 12.3. The van der Waals surface area contributed by atoms with Gasteiger partial charge in [-0.2, -0.15) is 0 Å². The highest BCUT2D eigenvalue weighted by Gasteiger charge is 2.42. The molecular formula is C30H58N2O4. The van der Waals surface area contributed by atoms with Crippen molar-refractivity contribution < 1.29 is 19.1 Å². The van der Waals surface area contributed by atoms with Crippen molar-refractivity contribution in [1.29, 1.82) is 0 Å². The first-order chi connectivity index (χ1) is 17.1. The monoisotopic (exact) mass is 510 g/mol. The van der Waals surface area contributed by atoms with Crippen LogP contribution in [0.5, 0.6) is 0 Å². The van der Waals surface area contributed by atoms with Crippen LogP contribution >= 0.6 is 0 Å². The summed E-state index contributed by atoms with van der Waals surface area (Å²) in [7, 11) is 0. The third-order valence-electron chi connectivity index (χ3n) is 7.58. The Labute approximate surface area is 222 Å². The molecule has 3 unspecified atom stereocenters. The predicted molar refractivity (Wildman–Crippen MR) is 149 cm³/mol. The molecule has 0 aromatic heterocycles. The number of hydrogen-bond donors (Lipinski definition) is 2. The molecule has 0 radical (unpaired) electrons. The quantitative estimate of drug-likeness (QED) is 0.182. The molecule has 3 atom stereocenters. The van der Waals surface area contributed by atoms with E-state index >= 15 is 0 Å². The maximum atomic E-state index is 12.8. The zero-order valence-electron chi connectivity index (χ0n) is 24.5. The molecule has 6 heteroatoms. The summed E-state index contributed by atoms with van der Waals surface area (Å²) in [6.45, 7) is 14.4. The Bertz CT molecular complexity index is 610. The molecule has 1 fully saturated rings. The second-order valence-electron chi connectivity index (χ2n) is 12.3. The Morgan fingerprint density at radius 2 is 1.39 bits per heavy atom. The lowest BCUT2D eigenvalue weighted by Gasteiger charge is -2.46. The number of alkyl carbamates (subject to hydrolysis) is 2. The second kappa shape index (κ2) is 17.9. The number of carbonyl (C=O) groups excluding carboxylic acids is 2. The highest BCUT2D eigenvalue weighted by Crippen LogP contribution is 2.45. The fourth-order valence-electron chi connectivity index (χ4n) is 6.12. The van der Waals surface area contributed by atoms with Crippen LogP contribution in [-0.2, 0) is 9.47 Å². The molecule has 1 aliphatic carbocycles. The molecule has 6 nitrogen and oxygen atoms in total. The van der Waals surface area contributed by atoms with Crippen LogP contribution in [0.15, 0.2) is 0 Å². The molecule has 2 amide bonds. The summed E-state index contributed by atoms with van der Waals surface area (Å²) >= 11 is 0. The smallest absolute Gasteiger partial charge is 0.407 e. The van der Waals surface area contributed by atoms with Crippen molar-refractivity contribution in [2.45, 2.75) is 144 Å². The summed E-state index contributed by atoms with van der Waals surface area (Å²) in [5.41, 5.74) is -0.0348. The Morgan fingerprint density at radius 3 is 2.00 bits per heavy atom. The first-order valence-corrected chi connectivity index (χ1v) is 15.0. The fraction of sp³-hybridized carbons (Fsp3) is 0.933. The van der Waals surface area contributed by atoms with Crippen LogP contribution < -0.4 is 10.6 Å². The van der Waals surface area contributed by atoms with E-state index in [0.29, 0.717) is 25.7 Å². The average Bonchev–Trinajstić information content (AvgIpc) is 2.79. The van der Waals surface area contributed by atoms with Crippen molar-refractivity contribution in [1.82, 2.24) is 10.6 Å². The summed E-state index contributed by atoms with van der Waals surface area (Å²) < 4.78 is 10.8. The SMILES string of the molecule is CCCCCCCCC(CCCCCC)COC(=O)NC1CC(C)(C)CC(C)(CNC(=O)OCC)C1. The van der Waals surface area contributed by atoms with Crippen molar-refractivity contribution in [3.8, 4) is 0 Å². The first kappa shape index (κ1) is 32.6. The zero-order chi connectivity index (χ0) is 26.9. The summed E-state index contributed by atoms with van der Waals surface area (Å²) in [6.07, 6.45) is 17.2. The van der Waals surface area contributed by atoms with Gasteiger partial charge in [0.05, 0.1) is 13.2 Å². The molecule has 212 valence electrons. The van der Waals surface area contributed by atoms with Gasteiger partial charge in [0.25, 0.3) is 0 Å². The van der Waals surface area contributed by atoms with Gasteiger partial charge in [-0.3, -0.25) is 0 Å². The van der Waals surface area contributed by atoms with Crippen LogP contribution in [-0.4, -0.2) is 38.0 Å². The minimum atomic E-state index is -0.374. The molecule has 0 spiro atoms. The molecular weight excluding hydrogens is 452 g/mol. The number of hydrogen-bond acceptors (Lipinski definition) is 4. The molecule has 0 aliphatic heterocycles. The largest absolute Gasteiger partial charge is 0.450 e. The first-order valence-electron chi connectivity index (χ1n) is 15.0. The van der Waals surface area contributed by atoms with Gasteiger partial charge < -0.3 is 20.1 Å². The van der Waals surface area contributed by atoms with E-state index in [4.69, 9.17) is 9.47 Å². The van der Waals surface area contributed by atoms with Gasteiger partial charge in [0.1, 0.15) is 0 Å². The molecule has 0 aromatic carbocycles. The van der Waals surface area contributed by atoms with Gasteiger partial charge in [-0.15, -0.1) is 0 Å². The molecule has 0 aromatic rings. The summed E-state index contributed by atoms with van der Waals surface area (Å²) in [5.74, 6) is 0.459. The minimum absolute atomic E-state index is 0.0387. The Morgan fingerprint density at radius 1 is 0.806 bits per heavy atom. The lowest BCUT2D eigenvalue weighted by Crippen LogP contribution is -2.50. The summed E-state index contributed by atoms with van der Waals surface area (Å²) in [5, 5.41) is 6.06. The average molecular weight is 511 g/mol. The Kier molecular flexibility index (Phi) is 16.2.